The van der Waals surface area contributed by atoms with Crippen LogP contribution in [-0.4, -0.2) is 51.2 Å². The van der Waals surface area contributed by atoms with Crippen LogP contribution in [0.4, 0.5) is 5.95 Å². The number of piperidine rings is 1. The zero-order chi connectivity index (χ0) is 17.0. The van der Waals surface area contributed by atoms with Gasteiger partial charge in [-0.15, -0.1) is 0 Å². The van der Waals surface area contributed by atoms with E-state index < -0.39 is 5.60 Å². The maximum absolute atomic E-state index is 12.2. The molecule has 0 saturated carbocycles. The molecule has 7 heteroatoms. The van der Waals surface area contributed by atoms with E-state index in [-0.39, 0.29) is 12.5 Å². The van der Waals surface area contributed by atoms with Gasteiger partial charge < -0.3 is 15.3 Å². The lowest BCUT2D eigenvalue weighted by molar-refractivity contribution is 0.0252. The van der Waals surface area contributed by atoms with Gasteiger partial charge in [0.15, 0.2) is 0 Å². The molecular formula is C17H21N5O2. The number of aliphatic hydroxyl groups is 1. The fourth-order valence-corrected chi connectivity index (χ4v) is 2.83. The number of carbonyl (C=O) groups excluding carboxylic acids is 1. The molecule has 0 unspecified atom stereocenters. The molecule has 1 amide bonds. The van der Waals surface area contributed by atoms with Crippen molar-refractivity contribution < 1.29 is 9.90 Å². The molecule has 3 heterocycles. The average Bonchev–Trinajstić information content (AvgIpc) is 2.61. The number of nitrogens with zero attached hydrogens (tertiary/aromatic N) is 4. The summed E-state index contributed by atoms with van der Waals surface area (Å²) < 4.78 is 0. The minimum absolute atomic E-state index is 0.184. The van der Waals surface area contributed by atoms with Gasteiger partial charge in [0.1, 0.15) is 0 Å². The van der Waals surface area contributed by atoms with Gasteiger partial charge in [0.05, 0.1) is 17.7 Å². The average molecular weight is 327 g/mol. The number of nitrogens with one attached hydrogen (secondary N) is 1. The lowest BCUT2D eigenvalue weighted by atomic mass is 9.93. The summed E-state index contributed by atoms with van der Waals surface area (Å²) in [6.45, 7) is 3.24. The first-order chi connectivity index (χ1) is 11.6. The van der Waals surface area contributed by atoms with Crippen LogP contribution >= 0.6 is 0 Å². The summed E-state index contributed by atoms with van der Waals surface area (Å²) in [5.41, 5.74) is 0.352. The molecule has 2 aromatic heterocycles. The van der Waals surface area contributed by atoms with Gasteiger partial charge in [-0.2, -0.15) is 0 Å². The highest BCUT2D eigenvalue weighted by atomic mass is 16.3. The smallest absolute Gasteiger partial charge is 0.252 e. The van der Waals surface area contributed by atoms with Crippen LogP contribution < -0.4 is 10.2 Å². The van der Waals surface area contributed by atoms with Crippen LogP contribution in [0.3, 0.4) is 0 Å². The van der Waals surface area contributed by atoms with Gasteiger partial charge in [0.2, 0.25) is 5.95 Å². The monoisotopic (exact) mass is 327 g/mol. The molecule has 1 fully saturated rings. The van der Waals surface area contributed by atoms with Crippen molar-refractivity contribution in [3.8, 4) is 0 Å². The maximum Gasteiger partial charge on any atom is 0.252 e. The molecule has 0 bridgehead atoms. The molecule has 1 aliphatic heterocycles. The number of amides is 1. The summed E-state index contributed by atoms with van der Waals surface area (Å²) in [6, 6.07) is 5.28. The van der Waals surface area contributed by atoms with Gasteiger partial charge >= 0.3 is 0 Å². The van der Waals surface area contributed by atoms with Crippen LogP contribution in [-0.2, 0) is 0 Å². The van der Waals surface area contributed by atoms with E-state index in [1.807, 2.05) is 11.8 Å². The Morgan fingerprint density at radius 2 is 2.12 bits per heavy atom. The highest BCUT2D eigenvalue weighted by Gasteiger charge is 2.34. The van der Waals surface area contributed by atoms with Crippen LogP contribution in [0.2, 0.25) is 0 Å². The Labute approximate surface area is 140 Å². The Balaban J connectivity index is 1.61. The number of aromatic nitrogens is 3. The maximum atomic E-state index is 12.2. The summed E-state index contributed by atoms with van der Waals surface area (Å²) in [7, 11) is 0. The van der Waals surface area contributed by atoms with E-state index in [4.69, 9.17) is 0 Å². The molecule has 1 saturated heterocycles. The lowest BCUT2D eigenvalue weighted by Gasteiger charge is -2.39. The van der Waals surface area contributed by atoms with Crippen molar-refractivity contribution >= 4 is 11.9 Å². The van der Waals surface area contributed by atoms with Gasteiger partial charge in [-0.25, -0.2) is 9.97 Å². The third-order valence-electron chi connectivity index (χ3n) is 4.14. The third-order valence-corrected chi connectivity index (χ3v) is 4.14. The molecule has 0 radical (unpaired) electrons. The SMILES string of the molecule is Cc1ccc(C(=O)NC[C@]2(O)CCCN(c3ncccn3)C2)cn1. The van der Waals surface area contributed by atoms with Crippen LogP contribution in [0.15, 0.2) is 36.8 Å². The highest BCUT2D eigenvalue weighted by molar-refractivity contribution is 5.93. The van der Waals surface area contributed by atoms with Gasteiger partial charge in [-0.3, -0.25) is 9.78 Å². The van der Waals surface area contributed by atoms with Crippen LogP contribution in [0.5, 0.6) is 0 Å². The summed E-state index contributed by atoms with van der Waals surface area (Å²) in [4.78, 5) is 26.7. The Bertz CT molecular complexity index is 692. The van der Waals surface area contributed by atoms with E-state index in [0.717, 1.165) is 18.7 Å². The summed E-state index contributed by atoms with van der Waals surface area (Å²) >= 11 is 0. The van der Waals surface area contributed by atoms with Crippen molar-refractivity contribution in [1.82, 2.24) is 20.3 Å². The molecule has 2 N–H and O–H groups in total. The molecule has 0 aromatic carbocycles. The number of rotatable bonds is 4. The summed E-state index contributed by atoms with van der Waals surface area (Å²) in [5.74, 6) is 0.369. The highest BCUT2D eigenvalue weighted by Crippen LogP contribution is 2.23. The number of β-amino-alcohol motifs (C(OH)–C–C–N with tert-alkyl or cyclic N) is 1. The summed E-state index contributed by atoms with van der Waals surface area (Å²) in [6.07, 6.45) is 6.35. The van der Waals surface area contributed by atoms with E-state index in [2.05, 4.69) is 20.3 Å². The third kappa shape index (κ3) is 3.86. The number of pyridine rings is 1. The molecule has 0 aliphatic carbocycles. The van der Waals surface area contributed by atoms with E-state index in [9.17, 15) is 9.90 Å². The van der Waals surface area contributed by atoms with Gasteiger partial charge in [-0.1, -0.05) is 0 Å². The van der Waals surface area contributed by atoms with Crippen molar-refractivity contribution in [2.75, 3.05) is 24.5 Å². The van der Waals surface area contributed by atoms with E-state index in [1.165, 1.54) is 0 Å². The molecule has 3 rings (SSSR count). The van der Waals surface area contributed by atoms with E-state index in [0.29, 0.717) is 24.5 Å². The first kappa shape index (κ1) is 16.3. The minimum atomic E-state index is -0.995. The van der Waals surface area contributed by atoms with Crippen LogP contribution in [0, 0.1) is 6.92 Å². The Hall–Kier alpha value is -2.54. The second kappa shape index (κ2) is 6.92. The number of carbonyl (C=O) groups is 1. The molecule has 7 nitrogen and oxygen atoms in total. The first-order valence-electron chi connectivity index (χ1n) is 8.01. The van der Waals surface area contributed by atoms with Crippen molar-refractivity contribution in [2.24, 2.45) is 0 Å². The zero-order valence-corrected chi connectivity index (χ0v) is 13.6. The Kier molecular flexibility index (Phi) is 4.71. The molecule has 126 valence electrons. The van der Waals surface area contributed by atoms with E-state index >= 15 is 0 Å². The minimum Gasteiger partial charge on any atom is -0.386 e. The molecular weight excluding hydrogens is 306 g/mol. The molecule has 1 aliphatic rings. The second-order valence-corrected chi connectivity index (χ2v) is 6.17. The van der Waals surface area contributed by atoms with Gasteiger partial charge in [0, 0.05) is 37.4 Å². The number of aryl methyl sites for hydroxylation is 1. The predicted molar refractivity (Wildman–Crippen MR) is 89.7 cm³/mol. The van der Waals surface area contributed by atoms with E-state index in [1.54, 1.807) is 36.8 Å². The van der Waals surface area contributed by atoms with Crippen molar-refractivity contribution in [2.45, 2.75) is 25.4 Å². The van der Waals surface area contributed by atoms with Crippen molar-refractivity contribution in [3.63, 3.8) is 0 Å². The van der Waals surface area contributed by atoms with Crippen LogP contribution in [0.25, 0.3) is 0 Å². The molecule has 1 atom stereocenters. The van der Waals surface area contributed by atoms with Crippen molar-refractivity contribution in [1.29, 1.82) is 0 Å². The quantitative estimate of drug-likeness (QED) is 0.868. The molecule has 2 aromatic rings. The largest absolute Gasteiger partial charge is 0.386 e. The zero-order valence-electron chi connectivity index (χ0n) is 13.6. The predicted octanol–water partition coefficient (Wildman–Crippen LogP) is 0.941. The van der Waals surface area contributed by atoms with Gasteiger partial charge in [0.25, 0.3) is 5.91 Å². The fraction of sp³-hybridized carbons (Fsp3) is 0.412. The molecule has 0 spiro atoms. The summed E-state index contributed by atoms with van der Waals surface area (Å²) in [5, 5.41) is 13.6. The number of hydrogen-bond donors (Lipinski definition) is 2. The number of anilines is 1. The molecule has 24 heavy (non-hydrogen) atoms. The van der Waals surface area contributed by atoms with Gasteiger partial charge in [-0.05, 0) is 38.0 Å². The Morgan fingerprint density at radius 3 is 2.83 bits per heavy atom. The van der Waals surface area contributed by atoms with Crippen molar-refractivity contribution in [3.05, 3.63) is 48.0 Å². The number of hydrogen-bond acceptors (Lipinski definition) is 6. The standard InChI is InChI=1S/C17H21N5O2/c1-13-4-5-14(10-20-13)15(23)21-11-17(24)6-2-9-22(12-17)16-18-7-3-8-19-16/h3-5,7-8,10,24H,2,6,9,11-12H2,1H3,(H,21,23)/t17-/m1/s1. The normalized spacial score (nSPS) is 20.7. The first-order valence-corrected chi connectivity index (χ1v) is 8.01. The fourth-order valence-electron chi connectivity index (χ4n) is 2.83. The van der Waals surface area contributed by atoms with Crippen LogP contribution in [0.1, 0.15) is 28.9 Å². The Morgan fingerprint density at radius 1 is 1.33 bits per heavy atom. The lowest BCUT2D eigenvalue weighted by Crippen LogP contribution is -2.54. The second-order valence-electron chi connectivity index (χ2n) is 6.17. The topological polar surface area (TPSA) is 91.2 Å².